The number of anilines is 1. The molecule has 2 aromatic rings. The second-order valence-corrected chi connectivity index (χ2v) is 5.06. The zero-order chi connectivity index (χ0) is 14.7. The van der Waals surface area contributed by atoms with Gasteiger partial charge in [0.05, 0.1) is 18.0 Å². The molecule has 106 valence electrons. The molecule has 7 heteroatoms. The molecule has 2 N–H and O–H groups in total. The van der Waals surface area contributed by atoms with Crippen LogP contribution in [0.15, 0.2) is 35.3 Å². The molecule has 5 nitrogen and oxygen atoms in total. The van der Waals surface area contributed by atoms with Gasteiger partial charge in [0.2, 0.25) is 0 Å². The molecule has 1 aromatic carbocycles. The molecule has 20 heavy (non-hydrogen) atoms. The Bertz CT molecular complexity index is 656. The third kappa shape index (κ3) is 3.30. The van der Waals surface area contributed by atoms with Crippen LogP contribution < -0.4 is 10.9 Å². The van der Waals surface area contributed by atoms with Crippen molar-refractivity contribution < 1.29 is 5.11 Å². The zero-order valence-corrected chi connectivity index (χ0v) is 12.2. The standard InChI is InChI=1S/C13H13Cl2N3O2/c1-18-13(20)12(15)10(6-17-18)16-7-11(19)8-2-4-9(14)5-3-8/h2-6,11,16,19H,7H2,1H3/t11-/m0/s1. The summed E-state index contributed by atoms with van der Waals surface area (Å²) in [6.07, 6.45) is 0.700. The number of nitrogens with zero attached hydrogens (tertiary/aromatic N) is 2. The second-order valence-electron chi connectivity index (χ2n) is 4.25. The van der Waals surface area contributed by atoms with Gasteiger partial charge in [0.15, 0.2) is 0 Å². The van der Waals surface area contributed by atoms with Gasteiger partial charge in [-0.1, -0.05) is 35.3 Å². The van der Waals surface area contributed by atoms with Gasteiger partial charge in [-0.2, -0.15) is 5.10 Å². The molecule has 1 heterocycles. The first-order valence-electron chi connectivity index (χ1n) is 5.88. The molecule has 0 unspecified atom stereocenters. The van der Waals surface area contributed by atoms with Gasteiger partial charge in [-0.25, -0.2) is 4.68 Å². The minimum atomic E-state index is -0.743. The van der Waals surface area contributed by atoms with E-state index < -0.39 is 11.7 Å². The van der Waals surface area contributed by atoms with Crippen molar-refractivity contribution in [2.75, 3.05) is 11.9 Å². The van der Waals surface area contributed by atoms with E-state index in [1.807, 2.05) is 0 Å². The summed E-state index contributed by atoms with van der Waals surface area (Å²) >= 11 is 11.7. The lowest BCUT2D eigenvalue weighted by atomic mass is 10.1. The number of aliphatic hydroxyl groups excluding tert-OH is 1. The summed E-state index contributed by atoms with van der Waals surface area (Å²) in [7, 11) is 1.51. The number of nitrogens with one attached hydrogen (secondary N) is 1. The van der Waals surface area contributed by atoms with Gasteiger partial charge >= 0.3 is 0 Å². The van der Waals surface area contributed by atoms with Gasteiger partial charge in [0, 0.05) is 18.6 Å². The molecule has 0 saturated carbocycles. The molecule has 0 radical (unpaired) electrons. The quantitative estimate of drug-likeness (QED) is 0.908. The van der Waals surface area contributed by atoms with Crippen molar-refractivity contribution >= 4 is 28.9 Å². The van der Waals surface area contributed by atoms with Crippen LogP contribution in [0.2, 0.25) is 10.0 Å². The first-order valence-corrected chi connectivity index (χ1v) is 6.64. The van der Waals surface area contributed by atoms with Crippen LogP contribution in [-0.4, -0.2) is 21.4 Å². The number of rotatable bonds is 4. The maximum Gasteiger partial charge on any atom is 0.287 e. The van der Waals surface area contributed by atoms with Crippen LogP contribution in [0.25, 0.3) is 0 Å². The molecule has 2 rings (SSSR count). The molecule has 0 fully saturated rings. The number of aliphatic hydroxyl groups is 1. The highest BCUT2D eigenvalue weighted by molar-refractivity contribution is 6.32. The number of aromatic nitrogens is 2. The molecule has 0 aliphatic rings. The molecule has 0 aliphatic carbocycles. The summed E-state index contributed by atoms with van der Waals surface area (Å²) in [5.74, 6) is 0. The van der Waals surface area contributed by atoms with Crippen molar-refractivity contribution in [1.82, 2.24) is 9.78 Å². The Labute approximate surface area is 125 Å². The summed E-state index contributed by atoms with van der Waals surface area (Å²) in [6.45, 7) is 0.205. The van der Waals surface area contributed by atoms with Crippen molar-refractivity contribution in [1.29, 1.82) is 0 Å². The highest BCUT2D eigenvalue weighted by Crippen LogP contribution is 2.19. The maximum atomic E-state index is 11.6. The normalized spacial score (nSPS) is 12.2. The van der Waals surface area contributed by atoms with E-state index >= 15 is 0 Å². The van der Waals surface area contributed by atoms with Crippen LogP contribution >= 0.6 is 23.2 Å². The fraction of sp³-hybridized carbons (Fsp3) is 0.231. The van der Waals surface area contributed by atoms with Crippen LogP contribution in [0.1, 0.15) is 11.7 Å². The SMILES string of the molecule is Cn1ncc(NC[C@H](O)c2ccc(Cl)cc2)c(Cl)c1=O. The largest absolute Gasteiger partial charge is 0.387 e. The van der Waals surface area contributed by atoms with E-state index in [0.29, 0.717) is 10.7 Å². The third-order valence-corrected chi connectivity index (χ3v) is 3.44. The van der Waals surface area contributed by atoms with E-state index in [0.717, 1.165) is 10.2 Å². The van der Waals surface area contributed by atoms with Crippen molar-refractivity contribution in [3.05, 3.63) is 56.4 Å². The molecule has 0 bridgehead atoms. The Kier molecular flexibility index (Phi) is 4.65. The Morgan fingerprint density at radius 3 is 2.65 bits per heavy atom. The van der Waals surface area contributed by atoms with Crippen molar-refractivity contribution in [3.63, 3.8) is 0 Å². The number of aryl methyl sites for hydroxylation is 1. The van der Waals surface area contributed by atoms with Crippen molar-refractivity contribution in [3.8, 4) is 0 Å². The molecule has 1 atom stereocenters. The van der Waals surface area contributed by atoms with Gasteiger partial charge in [0.25, 0.3) is 5.56 Å². The molecule has 0 spiro atoms. The smallest absolute Gasteiger partial charge is 0.287 e. The number of hydrogen-bond donors (Lipinski definition) is 2. The van der Waals surface area contributed by atoms with E-state index in [1.165, 1.54) is 13.2 Å². The summed E-state index contributed by atoms with van der Waals surface area (Å²) in [5.41, 5.74) is 0.718. The molecule has 1 aromatic heterocycles. The molecule has 0 saturated heterocycles. The Morgan fingerprint density at radius 1 is 1.35 bits per heavy atom. The number of benzene rings is 1. The maximum absolute atomic E-state index is 11.6. The van der Waals surface area contributed by atoms with Crippen LogP contribution in [0.4, 0.5) is 5.69 Å². The second kappa shape index (κ2) is 6.26. The lowest BCUT2D eigenvalue weighted by Crippen LogP contribution is -2.22. The fourth-order valence-corrected chi connectivity index (χ4v) is 2.01. The Hall–Kier alpha value is -1.56. The van der Waals surface area contributed by atoms with Crippen LogP contribution in [0, 0.1) is 0 Å². The zero-order valence-electron chi connectivity index (χ0n) is 10.7. The summed E-state index contributed by atoms with van der Waals surface area (Å²) in [5, 5.41) is 17.4. The van der Waals surface area contributed by atoms with Gasteiger partial charge in [-0.05, 0) is 17.7 Å². The lowest BCUT2D eigenvalue weighted by Gasteiger charge is -2.14. The third-order valence-electron chi connectivity index (χ3n) is 2.82. The average molecular weight is 314 g/mol. The number of hydrogen-bond acceptors (Lipinski definition) is 4. The highest BCUT2D eigenvalue weighted by Gasteiger charge is 2.11. The van der Waals surface area contributed by atoms with E-state index in [1.54, 1.807) is 24.3 Å². The summed E-state index contributed by atoms with van der Waals surface area (Å²) < 4.78 is 1.14. The predicted molar refractivity (Wildman–Crippen MR) is 79.4 cm³/mol. The topological polar surface area (TPSA) is 67.2 Å². The van der Waals surface area contributed by atoms with E-state index in [-0.39, 0.29) is 11.6 Å². The van der Waals surface area contributed by atoms with E-state index in [9.17, 15) is 9.90 Å². The molecular weight excluding hydrogens is 301 g/mol. The first-order chi connectivity index (χ1) is 9.49. The number of halogens is 2. The minimum Gasteiger partial charge on any atom is -0.387 e. The van der Waals surface area contributed by atoms with E-state index in [4.69, 9.17) is 23.2 Å². The minimum absolute atomic E-state index is 0.0470. The van der Waals surface area contributed by atoms with Crippen LogP contribution in [0.3, 0.4) is 0 Å². The fourth-order valence-electron chi connectivity index (χ4n) is 1.64. The van der Waals surface area contributed by atoms with Gasteiger partial charge in [0.1, 0.15) is 5.02 Å². The predicted octanol–water partition coefficient (Wildman–Crippen LogP) is 2.23. The van der Waals surface area contributed by atoms with Crippen molar-refractivity contribution in [2.45, 2.75) is 6.10 Å². The van der Waals surface area contributed by atoms with Gasteiger partial charge in [-0.15, -0.1) is 0 Å². The summed E-state index contributed by atoms with van der Waals surface area (Å²) in [4.78, 5) is 11.6. The van der Waals surface area contributed by atoms with Crippen LogP contribution in [-0.2, 0) is 7.05 Å². The summed E-state index contributed by atoms with van der Waals surface area (Å²) in [6, 6.07) is 6.87. The Morgan fingerprint density at radius 2 is 2.00 bits per heavy atom. The molecule has 0 aliphatic heterocycles. The lowest BCUT2D eigenvalue weighted by molar-refractivity contribution is 0.191. The monoisotopic (exact) mass is 313 g/mol. The molecular formula is C13H13Cl2N3O2. The molecule has 0 amide bonds. The average Bonchev–Trinajstić information content (AvgIpc) is 2.44. The van der Waals surface area contributed by atoms with Crippen LogP contribution in [0.5, 0.6) is 0 Å². The van der Waals surface area contributed by atoms with E-state index in [2.05, 4.69) is 10.4 Å². The van der Waals surface area contributed by atoms with Crippen molar-refractivity contribution in [2.24, 2.45) is 7.05 Å². The van der Waals surface area contributed by atoms with Gasteiger partial charge in [-0.3, -0.25) is 4.79 Å². The van der Waals surface area contributed by atoms with Gasteiger partial charge < -0.3 is 10.4 Å². The first kappa shape index (κ1) is 14.8. The Balaban J connectivity index is 2.07. The highest BCUT2D eigenvalue weighted by atomic mass is 35.5.